The fourth-order valence-electron chi connectivity index (χ4n) is 2.78. The summed E-state index contributed by atoms with van der Waals surface area (Å²) in [5.41, 5.74) is 9.59. The number of rotatable bonds is 2. The quantitative estimate of drug-likeness (QED) is 0.720. The molecule has 3 aromatic rings. The van der Waals surface area contributed by atoms with E-state index < -0.39 is 0 Å². The number of aromatic nitrogens is 4. The zero-order valence-corrected chi connectivity index (χ0v) is 11.2. The highest BCUT2D eigenvalue weighted by Gasteiger charge is 2.49. The van der Waals surface area contributed by atoms with Gasteiger partial charge in [-0.2, -0.15) is 0 Å². The molecular formula is C15H15N5. The van der Waals surface area contributed by atoms with E-state index in [1.807, 2.05) is 35.9 Å². The molecule has 0 aliphatic heterocycles. The lowest BCUT2D eigenvalue weighted by Crippen LogP contribution is -2.13. The summed E-state index contributed by atoms with van der Waals surface area (Å²) in [7, 11) is 0. The van der Waals surface area contributed by atoms with Crippen LogP contribution in [0.15, 0.2) is 36.7 Å². The molecule has 2 N–H and O–H groups in total. The topological polar surface area (TPSA) is 69.1 Å². The molecule has 1 saturated carbocycles. The molecule has 1 aliphatic carbocycles. The van der Waals surface area contributed by atoms with E-state index in [1.54, 1.807) is 0 Å². The van der Waals surface area contributed by atoms with Crippen LogP contribution >= 0.6 is 0 Å². The van der Waals surface area contributed by atoms with Crippen molar-refractivity contribution in [1.82, 2.24) is 19.6 Å². The Morgan fingerprint density at radius 3 is 2.60 bits per heavy atom. The summed E-state index contributed by atoms with van der Waals surface area (Å²) in [6.07, 6.45) is 3.99. The first-order valence-corrected chi connectivity index (χ1v) is 6.73. The van der Waals surface area contributed by atoms with E-state index in [9.17, 15) is 0 Å². The van der Waals surface area contributed by atoms with Gasteiger partial charge in [0.15, 0.2) is 5.65 Å². The summed E-state index contributed by atoms with van der Waals surface area (Å²) >= 11 is 0. The van der Waals surface area contributed by atoms with Gasteiger partial charge in [-0.3, -0.25) is 4.40 Å². The first-order valence-electron chi connectivity index (χ1n) is 6.73. The highest BCUT2D eigenvalue weighted by molar-refractivity contribution is 5.49. The second-order valence-electron chi connectivity index (χ2n) is 5.49. The molecule has 100 valence electrons. The second kappa shape index (κ2) is 3.79. The molecule has 0 atom stereocenters. The van der Waals surface area contributed by atoms with Crippen LogP contribution in [0.5, 0.6) is 0 Å². The van der Waals surface area contributed by atoms with Crippen LogP contribution < -0.4 is 5.73 Å². The van der Waals surface area contributed by atoms with Crippen LogP contribution in [0.3, 0.4) is 0 Å². The number of nitrogens with two attached hydrogens (primary N) is 1. The van der Waals surface area contributed by atoms with Crippen molar-refractivity contribution in [3.05, 3.63) is 53.7 Å². The number of hydrogen-bond donors (Lipinski definition) is 1. The SMILES string of the molecule is Cc1cc2nnc(C3(c4ccc(N)cc4)CC3)n2cn1. The minimum absolute atomic E-state index is 0.0238. The Hall–Kier alpha value is -2.43. The number of hydrogen-bond acceptors (Lipinski definition) is 4. The third-order valence-corrected chi connectivity index (χ3v) is 4.08. The van der Waals surface area contributed by atoms with Crippen molar-refractivity contribution in [2.45, 2.75) is 25.2 Å². The van der Waals surface area contributed by atoms with Crippen LogP contribution in [0.1, 0.15) is 29.9 Å². The summed E-state index contributed by atoms with van der Waals surface area (Å²) in [5.74, 6) is 0.977. The normalized spacial score (nSPS) is 16.4. The molecule has 0 saturated heterocycles. The van der Waals surface area contributed by atoms with E-state index >= 15 is 0 Å². The number of nitrogens with zero attached hydrogens (tertiary/aromatic N) is 4. The number of fused-ring (bicyclic) bond motifs is 1. The predicted octanol–water partition coefficient (Wildman–Crippen LogP) is 2.09. The molecule has 2 aromatic heterocycles. The van der Waals surface area contributed by atoms with Crippen LogP contribution in [0.25, 0.3) is 5.65 Å². The third kappa shape index (κ3) is 1.52. The molecule has 5 nitrogen and oxygen atoms in total. The van der Waals surface area contributed by atoms with E-state index in [0.717, 1.165) is 35.7 Å². The summed E-state index contributed by atoms with van der Waals surface area (Å²) in [5, 5.41) is 8.69. The largest absolute Gasteiger partial charge is 0.399 e. The van der Waals surface area contributed by atoms with Gasteiger partial charge in [-0.1, -0.05) is 12.1 Å². The van der Waals surface area contributed by atoms with Crippen molar-refractivity contribution in [3.63, 3.8) is 0 Å². The molecule has 4 rings (SSSR count). The molecule has 5 heteroatoms. The highest BCUT2D eigenvalue weighted by Crippen LogP contribution is 2.52. The van der Waals surface area contributed by atoms with Gasteiger partial charge in [0.25, 0.3) is 0 Å². The number of aryl methyl sites for hydroxylation is 1. The van der Waals surface area contributed by atoms with E-state index in [-0.39, 0.29) is 5.41 Å². The standard InChI is InChI=1S/C15H15N5/c1-10-8-13-18-19-14(20(13)9-17-10)15(6-7-15)11-2-4-12(16)5-3-11/h2-5,8-9H,6-7,16H2,1H3. The molecule has 1 aromatic carbocycles. The van der Waals surface area contributed by atoms with Crippen molar-refractivity contribution < 1.29 is 0 Å². The zero-order valence-electron chi connectivity index (χ0n) is 11.2. The number of nitrogen functional groups attached to an aromatic ring is 1. The van der Waals surface area contributed by atoms with Crippen molar-refractivity contribution in [2.24, 2.45) is 0 Å². The van der Waals surface area contributed by atoms with Crippen LogP contribution in [-0.2, 0) is 5.41 Å². The minimum Gasteiger partial charge on any atom is -0.399 e. The summed E-state index contributed by atoms with van der Waals surface area (Å²) in [6, 6.07) is 10.0. The average molecular weight is 265 g/mol. The average Bonchev–Trinajstić information content (AvgIpc) is 3.14. The van der Waals surface area contributed by atoms with Gasteiger partial charge >= 0.3 is 0 Å². The lowest BCUT2D eigenvalue weighted by Gasteiger charge is -2.14. The minimum atomic E-state index is -0.0238. The molecule has 0 amide bonds. The predicted molar refractivity (Wildman–Crippen MR) is 76.4 cm³/mol. The zero-order chi connectivity index (χ0) is 13.7. The first-order chi connectivity index (χ1) is 9.69. The van der Waals surface area contributed by atoms with Gasteiger partial charge in [-0.15, -0.1) is 10.2 Å². The smallest absolute Gasteiger partial charge is 0.163 e. The van der Waals surface area contributed by atoms with Crippen molar-refractivity contribution >= 4 is 11.3 Å². The first kappa shape index (κ1) is 11.4. The van der Waals surface area contributed by atoms with Gasteiger partial charge in [0.05, 0.1) is 5.41 Å². The van der Waals surface area contributed by atoms with E-state index in [2.05, 4.69) is 27.3 Å². The van der Waals surface area contributed by atoms with Crippen molar-refractivity contribution in [1.29, 1.82) is 0 Å². The van der Waals surface area contributed by atoms with Crippen LogP contribution in [0, 0.1) is 6.92 Å². The molecule has 0 radical (unpaired) electrons. The summed E-state index contributed by atoms with van der Waals surface area (Å²) < 4.78 is 2.00. The lowest BCUT2D eigenvalue weighted by molar-refractivity contribution is 0.735. The van der Waals surface area contributed by atoms with Gasteiger partial charge in [0.1, 0.15) is 12.2 Å². The molecule has 1 fully saturated rings. The van der Waals surface area contributed by atoms with Crippen LogP contribution in [0.2, 0.25) is 0 Å². The molecule has 0 unspecified atom stereocenters. The van der Waals surface area contributed by atoms with Gasteiger partial charge in [0, 0.05) is 17.4 Å². The molecule has 0 spiro atoms. The summed E-state index contributed by atoms with van der Waals surface area (Å²) in [4.78, 5) is 4.35. The Morgan fingerprint density at radius 2 is 1.90 bits per heavy atom. The van der Waals surface area contributed by atoms with Gasteiger partial charge in [-0.25, -0.2) is 4.98 Å². The maximum Gasteiger partial charge on any atom is 0.163 e. The number of anilines is 1. The Balaban J connectivity index is 1.88. The molecule has 2 heterocycles. The van der Waals surface area contributed by atoms with E-state index in [1.165, 1.54) is 5.56 Å². The maximum absolute atomic E-state index is 5.77. The Bertz CT molecular complexity index is 784. The second-order valence-corrected chi connectivity index (χ2v) is 5.49. The van der Waals surface area contributed by atoms with Crippen molar-refractivity contribution in [2.75, 3.05) is 5.73 Å². The van der Waals surface area contributed by atoms with Crippen LogP contribution in [0.4, 0.5) is 5.69 Å². The fraction of sp³-hybridized carbons (Fsp3) is 0.267. The van der Waals surface area contributed by atoms with Gasteiger partial charge in [0.2, 0.25) is 0 Å². The monoisotopic (exact) mass is 265 g/mol. The van der Waals surface area contributed by atoms with E-state index in [4.69, 9.17) is 5.73 Å². The molecular weight excluding hydrogens is 250 g/mol. The number of benzene rings is 1. The van der Waals surface area contributed by atoms with Crippen molar-refractivity contribution in [3.8, 4) is 0 Å². The fourth-order valence-corrected chi connectivity index (χ4v) is 2.78. The highest BCUT2D eigenvalue weighted by atomic mass is 15.3. The molecule has 1 aliphatic rings. The lowest BCUT2D eigenvalue weighted by atomic mass is 9.95. The summed E-state index contributed by atoms with van der Waals surface area (Å²) in [6.45, 7) is 1.96. The Kier molecular flexibility index (Phi) is 2.16. The molecule has 20 heavy (non-hydrogen) atoms. The van der Waals surface area contributed by atoms with Gasteiger partial charge < -0.3 is 5.73 Å². The van der Waals surface area contributed by atoms with Gasteiger partial charge in [-0.05, 0) is 37.5 Å². The Morgan fingerprint density at radius 1 is 1.15 bits per heavy atom. The Labute approximate surface area is 116 Å². The third-order valence-electron chi connectivity index (χ3n) is 4.08. The molecule has 0 bridgehead atoms. The maximum atomic E-state index is 5.77. The van der Waals surface area contributed by atoms with Crippen LogP contribution in [-0.4, -0.2) is 19.6 Å². The van der Waals surface area contributed by atoms with E-state index in [0.29, 0.717) is 0 Å².